The normalized spacial score (nSPS) is 12.0. The summed E-state index contributed by atoms with van der Waals surface area (Å²) < 4.78 is 37.5. The molecule has 8 heteroatoms. The van der Waals surface area contributed by atoms with Gasteiger partial charge in [-0.15, -0.1) is 0 Å². The highest BCUT2D eigenvalue weighted by Crippen LogP contribution is 2.26. The Bertz CT molecular complexity index is 994. The molecule has 0 N–H and O–H groups in total. The van der Waals surface area contributed by atoms with E-state index in [0.717, 1.165) is 4.31 Å². The zero-order chi connectivity index (χ0) is 20.9. The molecule has 0 aliphatic rings. The molecule has 1 atom stereocenters. The monoisotopic (exact) mass is 402 g/mol. The number of nitriles is 1. The van der Waals surface area contributed by atoms with Crippen molar-refractivity contribution in [3.8, 4) is 11.8 Å². The highest BCUT2D eigenvalue weighted by molar-refractivity contribution is 7.92. The predicted molar refractivity (Wildman–Crippen MR) is 105 cm³/mol. The van der Waals surface area contributed by atoms with Crippen molar-refractivity contribution < 1.29 is 22.7 Å². The quantitative estimate of drug-likeness (QED) is 0.659. The fraction of sp³-hybridized carbons (Fsp3) is 0.300. The molecule has 2 aromatic carbocycles. The first-order valence-electron chi connectivity index (χ1n) is 8.63. The summed E-state index contributed by atoms with van der Waals surface area (Å²) in [4.78, 5) is 12.2. The van der Waals surface area contributed by atoms with Crippen LogP contribution >= 0.6 is 0 Å². The molecular formula is C20H22N2O5S. The minimum absolute atomic E-state index is 0.0500. The number of carbonyl (C=O) groups excluding carboxylic acids is 1. The van der Waals surface area contributed by atoms with Crippen LogP contribution in [0.25, 0.3) is 0 Å². The maximum absolute atomic E-state index is 13.0. The summed E-state index contributed by atoms with van der Waals surface area (Å²) in [5.41, 5.74) is 1.10. The maximum atomic E-state index is 13.0. The van der Waals surface area contributed by atoms with Gasteiger partial charge in [0.2, 0.25) is 0 Å². The van der Waals surface area contributed by atoms with E-state index in [4.69, 9.17) is 14.7 Å². The summed E-state index contributed by atoms with van der Waals surface area (Å²) in [5.74, 6) is -0.101. The summed E-state index contributed by atoms with van der Waals surface area (Å²) >= 11 is 0. The number of aryl methyl sites for hydroxylation is 1. The lowest BCUT2D eigenvalue weighted by molar-refractivity contribution is 0.0434. The molecule has 0 unspecified atom stereocenters. The second kappa shape index (κ2) is 8.76. The molecule has 0 spiro atoms. The van der Waals surface area contributed by atoms with Crippen molar-refractivity contribution in [3.05, 3.63) is 53.6 Å². The average Bonchev–Trinajstić information content (AvgIpc) is 2.68. The van der Waals surface area contributed by atoms with E-state index in [-0.39, 0.29) is 10.5 Å². The molecule has 0 aliphatic heterocycles. The molecule has 148 valence electrons. The maximum Gasteiger partial charge on any atom is 0.339 e. The predicted octanol–water partition coefficient (Wildman–Crippen LogP) is 3.29. The Morgan fingerprint density at radius 2 is 1.86 bits per heavy atom. The van der Waals surface area contributed by atoms with Crippen LogP contribution in [0.2, 0.25) is 0 Å². The van der Waals surface area contributed by atoms with E-state index in [1.807, 2.05) is 6.92 Å². The second-order valence-electron chi connectivity index (χ2n) is 6.05. The third-order valence-corrected chi connectivity index (χ3v) is 5.85. The largest absolute Gasteiger partial charge is 0.494 e. The fourth-order valence-electron chi connectivity index (χ4n) is 2.45. The van der Waals surface area contributed by atoms with Gasteiger partial charge in [-0.25, -0.2) is 13.2 Å². The van der Waals surface area contributed by atoms with Gasteiger partial charge in [-0.2, -0.15) is 5.26 Å². The molecule has 28 heavy (non-hydrogen) atoms. The van der Waals surface area contributed by atoms with Crippen LogP contribution in [0, 0.1) is 18.3 Å². The van der Waals surface area contributed by atoms with Gasteiger partial charge in [-0.1, -0.05) is 6.07 Å². The highest BCUT2D eigenvalue weighted by Gasteiger charge is 2.24. The molecule has 0 bridgehead atoms. The van der Waals surface area contributed by atoms with E-state index < -0.39 is 22.1 Å². The summed E-state index contributed by atoms with van der Waals surface area (Å²) in [6.07, 6.45) is -0.932. The van der Waals surface area contributed by atoms with Crippen LogP contribution in [0.1, 0.15) is 29.8 Å². The second-order valence-corrected chi connectivity index (χ2v) is 8.02. The van der Waals surface area contributed by atoms with Crippen LogP contribution in [0.15, 0.2) is 47.4 Å². The first-order chi connectivity index (χ1) is 13.2. The van der Waals surface area contributed by atoms with Crippen molar-refractivity contribution in [2.75, 3.05) is 18.0 Å². The van der Waals surface area contributed by atoms with Crippen molar-refractivity contribution in [1.29, 1.82) is 5.26 Å². The van der Waals surface area contributed by atoms with Crippen LogP contribution in [0.4, 0.5) is 5.69 Å². The number of sulfonamides is 1. The van der Waals surface area contributed by atoms with Crippen molar-refractivity contribution >= 4 is 21.7 Å². The molecule has 0 saturated carbocycles. The Balaban J connectivity index is 2.35. The van der Waals surface area contributed by atoms with Gasteiger partial charge < -0.3 is 9.47 Å². The third-order valence-electron chi connectivity index (χ3n) is 4.06. The van der Waals surface area contributed by atoms with Crippen molar-refractivity contribution in [1.82, 2.24) is 0 Å². The molecule has 0 aromatic heterocycles. The molecule has 0 heterocycles. The van der Waals surface area contributed by atoms with Crippen molar-refractivity contribution in [2.24, 2.45) is 0 Å². The summed E-state index contributed by atoms with van der Waals surface area (Å²) in [6.45, 7) is 5.48. The molecule has 0 amide bonds. The van der Waals surface area contributed by atoms with E-state index in [0.29, 0.717) is 23.6 Å². The Hall–Kier alpha value is -3.05. The number of ether oxygens (including phenoxy) is 2. The smallest absolute Gasteiger partial charge is 0.339 e. The topological polar surface area (TPSA) is 96.7 Å². The first-order valence-corrected chi connectivity index (χ1v) is 10.1. The molecule has 0 saturated heterocycles. The van der Waals surface area contributed by atoms with E-state index >= 15 is 0 Å². The number of benzene rings is 2. The SMILES string of the molecule is CCOc1ccc(N(C)S(=O)(=O)c2ccc(C)c(C(=O)O[C@H](C)C#N)c2)cc1. The van der Waals surface area contributed by atoms with Gasteiger partial charge in [0.05, 0.1) is 22.8 Å². The number of rotatable bonds is 7. The molecule has 7 nitrogen and oxygen atoms in total. The van der Waals surface area contributed by atoms with Gasteiger partial charge in [0.15, 0.2) is 6.10 Å². The number of hydrogen-bond acceptors (Lipinski definition) is 6. The lowest BCUT2D eigenvalue weighted by atomic mass is 10.1. The van der Waals surface area contributed by atoms with Crippen molar-refractivity contribution in [3.63, 3.8) is 0 Å². The van der Waals surface area contributed by atoms with Gasteiger partial charge in [0, 0.05) is 7.05 Å². The summed E-state index contributed by atoms with van der Waals surface area (Å²) in [5, 5.41) is 8.80. The van der Waals surface area contributed by atoms with Crippen LogP contribution in [-0.2, 0) is 14.8 Å². The van der Waals surface area contributed by atoms with Crippen LogP contribution in [0.3, 0.4) is 0 Å². The molecule has 2 aromatic rings. The molecule has 2 rings (SSSR count). The van der Waals surface area contributed by atoms with Gasteiger partial charge in [0.1, 0.15) is 11.8 Å². The van der Waals surface area contributed by atoms with E-state index in [1.165, 1.54) is 32.2 Å². The number of carbonyl (C=O) groups is 1. The zero-order valence-electron chi connectivity index (χ0n) is 16.2. The number of anilines is 1. The van der Waals surface area contributed by atoms with Gasteiger partial charge in [-0.05, 0) is 62.7 Å². The standard InChI is InChI=1S/C20H22N2O5S/c1-5-26-17-9-7-16(8-10-17)22(4)28(24,25)18-11-6-14(2)19(12-18)20(23)27-15(3)13-21/h6-12,15H,5H2,1-4H3/t15-/m1/s1. The first kappa shape index (κ1) is 21.3. The minimum atomic E-state index is -3.90. The van der Waals surface area contributed by atoms with Gasteiger partial charge in [0.25, 0.3) is 10.0 Å². The Kier molecular flexibility index (Phi) is 6.65. The zero-order valence-corrected chi connectivity index (χ0v) is 17.0. The van der Waals surface area contributed by atoms with Gasteiger partial charge >= 0.3 is 5.97 Å². The molecular weight excluding hydrogens is 380 g/mol. The Morgan fingerprint density at radius 3 is 2.43 bits per heavy atom. The Labute approximate surface area is 165 Å². The average molecular weight is 402 g/mol. The lowest BCUT2D eigenvalue weighted by Gasteiger charge is -2.20. The number of hydrogen-bond donors (Lipinski definition) is 0. The lowest BCUT2D eigenvalue weighted by Crippen LogP contribution is -2.27. The van der Waals surface area contributed by atoms with Gasteiger partial charge in [-0.3, -0.25) is 4.31 Å². The molecule has 0 fully saturated rings. The fourth-order valence-corrected chi connectivity index (χ4v) is 3.67. The third kappa shape index (κ3) is 4.61. The highest BCUT2D eigenvalue weighted by atomic mass is 32.2. The number of nitrogens with zero attached hydrogens (tertiary/aromatic N) is 2. The van der Waals surface area contributed by atoms with Crippen LogP contribution < -0.4 is 9.04 Å². The van der Waals surface area contributed by atoms with Crippen molar-refractivity contribution in [2.45, 2.75) is 31.8 Å². The molecule has 0 radical (unpaired) electrons. The van der Waals surface area contributed by atoms with Crippen LogP contribution in [-0.4, -0.2) is 34.1 Å². The van der Waals surface area contributed by atoms with Crippen LogP contribution in [0.5, 0.6) is 5.75 Å². The van der Waals surface area contributed by atoms with E-state index in [9.17, 15) is 13.2 Å². The summed E-state index contributed by atoms with van der Waals surface area (Å²) in [7, 11) is -2.47. The molecule has 0 aliphatic carbocycles. The Morgan fingerprint density at radius 1 is 1.21 bits per heavy atom. The number of esters is 1. The van der Waals surface area contributed by atoms with E-state index in [1.54, 1.807) is 37.3 Å². The summed E-state index contributed by atoms with van der Waals surface area (Å²) in [6, 6.07) is 12.7. The van der Waals surface area contributed by atoms with E-state index in [2.05, 4.69) is 0 Å². The minimum Gasteiger partial charge on any atom is -0.494 e.